The SMILES string of the molecule is CCSc1sccc1[C@@H]1C(C#N)=C(N)N(c2ccccc2C)C2=C1C(=O)C[C@H](c1ccccc1)C2. The maximum atomic E-state index is 14.0. The van der Waals surface area contributed by atoms with Crippen LogP contribution in [0.2, 0.25) is 0 Å². The molecule has 0 saturated heterocycles. The summed E-state index contributed by atoms with van der Waals surface area (Å²) >= 11 is 3.41. The van der Waals surface area contributed by atoms with Crippen molar-refractivity contribution in [3.8, 4) is 6.07 Å². The fourth-order valence-corrected chi connectivity index (χ4v) is 7.33. The maximum Gasteiger partial charge on any atom is 0.162 e. The molecule has 2 atom stereocenters. The van der Waals surface area contributed by atoms with Crippen LogP contribution >= 0.6 is 23.1 Å². The Hall–Kier alpha value is -3.27. The van der Waals surface area contributed by atoms with E-state index in [1.807, 2.05) is 59.7 Å². The minimum Gasteiger partial charge on any atom is -0.384 e. The number of hydrogen-bond acceptors (Lipinski definition) is 6. The number of nitriles is 1. The van der Waals surface area contributed by atoms with Crippen molar-refractivity contribution >= 4 is 34.6 Å². The van der Waals surface area contributed by atoms with Gasteiger partial charge in [-0.05, 0) is 59.2 Å². The molecule has 176 valence electrons. The highest BCUT2D eigenvalue weighted by Crippen LogP contribution is 2.51. The molecule has 5 rings (SSSR count). The molecule has 2 N–H and O–H groups in total. The Labute approximate surface area is 214 Å². The summed E-state index contributed by atoms with van der Waals surface area (Å²) in [5.41, 5.74) is 13.1. The van der Waals surface area contributed by atoms with Crippen LogP contribution in [0.4, 0.5) is 5.69 Å². The number of allylic oxidation sites excluding steroid dienone is 3. The number of benzene rings is 2. The van der Waals surface area contributed by atoms with Crippen molar-refractivity contribution in [1.29, 1.82) is 5.26 Å². The van der Waals surface area contributed by atoms with Crippen LogP contribution < -0.4 is 10.6 Å². The van der Waals surface area contributed by atoms with E-state index in [-0.39, 0.29) is 11.7 Å². The van der Waals surface area contributed by atoms with Crippen LogP contribution in [0.15, 0.2) is 92.9 Å². The predicted octanol–water partition coefficient (Wildman–Crippen LogP) is 6.87. The average molecular weight is 498 g/mol. The van der Waals surface area contributed by atoms with Crippen molar-refractivity contribution in [1.82, 2.24) is 0 Å². The molecule has 1 aromatic heterocycles. The van der Waals surface area contributed by atoms with Crippen LogP contribution in [0.1, 0.15) is 48.3 Å². The molecule has 2 aromatic carbocycles. The summed E-state index contributed by atoms with van der Waals surface area (Å²) in [6.45, 7) is 4.15. The second-order valence-corrected chi connectivity index (χ2v) is 11.3. The van der Waals surface area contributed by atoms with Crippen molar-refractivity contribution in [2.45, 2.75) is 42.7 Å². The molecule has 0 unspecified atom stereocenters. The van der Waals surface area contributed by atoms with E-state index >= 15 is 0 Å². The lowest BCUT2D eigenvalue weighted by Gasteiger charge is -2.42. The Morgan fingerprint density at radius 2 is 1.86 bits per heavy atom. The summed E-state index contributed by atoms with van der Waals surface area (Å²) in [6.07, 6.45) is 1.12. The fraction of sp³-hybridized carbons (Fsp3) is 0.241. The predicted molar refractivity (Wildman–Crippen MR) is 144 cm³/mol. The Balaban J connectivity index is 1.74. The maximum absolute atomic E-state index is 14.0. The van der Waals surface area contributed by atoms with Crippen molar-refractivity contribution in [3.05, 3.63) is 105 Å². The summed E-state index contributed by atoms with van der Waals surface area (Å²) in [5, 5.41) is 12.4. The zero-order chi connectivity index (χ0) is 24.5. The molecule has 0 spiro atoms. The highest BCUT2D eigenvalue weighted by molar-refractivity contribution is 8.01. The highest BCUT2D eigenvalue weighted by Gasteiger charge is 2.43. The van der Waals surface area contributed by atoms with Crippen molar-refractivity contribution < 1.29 is 4.79 Å². The van der Waals surface area contributed by atoms with Gasteiger partial charge in [0.05, 0.1) is 27.5 Å². The van der Waals surface area contributed by atoms with Crippen LogP contribution in [0.5, 0.6) is 0 Å². The molecule has 2 heterocycles. The first-order valence-electron chi connectivity index (χ1n) is 11.8. The number of carbonyl (C=O) groups is 1. The number of nitrogens with zero attached hydrogens (tertiary/aromatic N) is 2. The Morgan fingerprint density at radius 3 is 2.57 bits per heavy atom. The minimum atomic E-state index is -0.431. The van der Waals surface area contributed by atoms with Gasteiger partial charge in [-0.1, -0.05) is 55.5 Å². The quantitative estimate of drug-likeness (QED) is 0.390. The summed E-state index contributed by atoms with van der Waals surface area (Å²) in [5.74, 6) is 1.08. The molecule has 1 aliphatic carbocycles. The third-order valence-electron chi connectivity index (χ3n) is 6.84. The van der Waals surface area contributed by atoms with Crippen molar-refractivity contribution in [2.24, 2.45) is 5.73 Å². The first-order valence-corrected chi connectivity index (χ1v) is 13.7. The molecule has 0 radical (unpaired) electrons. The van der Waals surface area contributed by atoms with Gasteiger partial charge in [0.25, 0.3) is 0 Å². The van der Waals surface area contributed by atoms with E-state index in [0.29, 0.717) is 24.2 Å². The van der Waals surface area contributed by atoms with E-state index in [1.54, 1.807) is 23.1 Å². The molecule has 3 aromatic rings. The van der Waals surface area contributed by atoms with Crippen LogP contribution in [-0.2, 0) is 4.79 Å². The number of Topliss-reactive ketones (excluding diaryl/α,β-unsaturated/α-hetero) is 1. The normalized spacial score (nSPS) is 20.1. The van der Waals surface area contributed by atoms with Crippen molar-refractivity contribution in [2.75, 3.05) is 10.7 Å². The lowest BCUT2D eigenvalue weighted by Crippen LogP contribution is -2.40. The van der Waals surface area contributed by atoms with Gasteiger partial charge in [-0.25, -0.2) is 0 Å². The first kappa shape index (κ1) is 23.5. The van der Waals surface area contributed by atoms with Crippen LogP contribution in [0, 0.1) is 18.3 Å². The summed E-state index contributed by atoms with van der Waals surface area (Å²) in [7, 11) is 0. The smallest absolute Gasteiger partial charge is 0.162 e. The topological polar surface area (TPSA) is 70.1 Å². The van der Waals surface area contributed by atoms with Crippen LogP contribution in [0.3, 0.4) is 0 Å². The zero-order valence-corrected chi connectivity index (χ0v) is 21.5. The Morgan fingerprint density at radius 1 is 1.11 bits per heavy atom. The second-order valence-electron chi connectivity index (χ2n) is 8.86. The van der Waals surface area contributed by atoms with Gasteiger partial charge in [-0.15, -0.1) is 23.1 Å². The third kappa shape index (κ3) is 4.09. The fourth-order valence-electron chi connectivity index (χ4n) is 5.26. The van der Waals surface area contributed by atoms with Gasteiger partial charge in [0, 0.05) is 17.7 Å². The van der Waals surface area contributed by atoms with Crippen molar-refractivity contribution in [3.63, 3.8) is 0 Å². The van der Waals surface area contributed by atoms with Crippen LogP contribution in [0.25, 0.3) is 0 Å². The van der Waals surface area contributed by atoms with E-state index in [1.165, 1.54) is 0 Å². The monoisotopic (exact) mass is 497 g/mol. The molecular weight excluding hydrogens is 470 g/mol. The number of thiophene rings is 1. The van der Waals surface area contributed by atoms with E-state index in [2.05, 4.69) is 31.2 Å². The number of aryl methyl sites for hydroxylation is 1. The van der Waals surface area contributed by atoms with Gasteiger partial charge in [-0.2, -0.15) is 5.26 Å². The zero-order valence-electron chi connectivity index (χ0n) is 19.8. The average Bonchev–Trinajstić information content (AvgIpc) is 3.32. The Kier molecular flexibility index (Phi) is 6.55. The molecule has 4 nitrogen and oxygen atoms in total. The number of thioether (sulfide) groups is 1. The third-order valence-corrected chi connectivity index (χ3v) is 8.99. The second kappa shape index (κ2) is 9.77. The standard InChI is InChI=1S/C29H27N3OS2/c1-3-34-29-21(13-14-35-29)26-22(17-30)28(31)32(23-12-8-7-9-18(23)2)24-15-20(16-25(33)27(24)26)19-10-5-4-6-11-19/h4-14,20,26H,3,15-16,31H2,1-2H3/t20-,26-/m1/s1. The van der Waals surface area contributed by atoms with Gasteiger partial charge in [-0.3, -0.25) is 9.69 Å². The van der Waals surface area contributed by atoms with Gasteiger partial charge in [0.1, 0.15) is 5.82 Å². The van der Waals surface area contributed by atoms with Gasteiger partial charge >= 0.3 is 0 Å². The minimum absolute atomic E-state index is 0.0676. The number of para-hydroxylation sites is 1. The van der Waals surface area contributed by atoms with Gasteiger partial charge in [0.15, 0.2) is 5.78 Å². The van der Waals surface area contributed by atoms with E-state index in [4.69, 9.17) is 5.73 Å². The molecular formula is C29H27N3OS2. The molecule has 0 bridgehead atoms. The molecule has 35 heavy (non-hydrogen) atoms. The molecule has 0 fully saturated rings. The van der Waals surface area contributed by atoms with Gasteiger partial charge < -0.3 is 5.73 Å². The number of carbonyl (C=O) groups excluding carboxylic acids is 1. The summed E-state index contributed by atoms with van der Waals surface area (Å²) in [6, 6.07) is 22.7. The molecule has 0 saturated carbocycles. The Bertz CT molecular complexity index is 1380. The molecule has 2 aliphatic rings. The van der Waals surface area contributed by atoms with E-state index in [9.17, 15) is 10.1 Å². The molecule has 0 amide bonds. The number of hydrogen-bond donors (Lipinski definition) is 1. The molecule has 6 heteroatoms. The summed E-state index contributed by atoms with van der Waals surface area (Å²) < 4.78 is 1.15. The lowest BCUT2D eigenvalue weighted by atomic mass is 9.72. The number of rotatable bonds is 5. The highest BCUT2D eigenvalue weighted by atomic mass is 32.2. The lowest BCUT2D eigenvalue weighted by molar-refractivity contribution is -0.116. The first-order chi connectivity index (χ1) is 17.0. The van der Waals surface area contributed by atoms with E-state index in [0.717, 1.165) is 43.6 Å². The largest absolute Gasteiger partial charge is 0.384 e. The molecule has 1 aliphatic heterocycles. The number of anilines is 1. The number of ketones is 1. The summed E-state index contributed by atoms with van der Waals surface area (Å²) in [4.78, 5) is 15.9. The van der Waals surface area contributed by atoms with E-state index < -0.39 is 5.92 Å². The van der Waals surface area contributed by atoms with Crippen LogP contribution in [-0.4, -0.2) is 11.5 Å². The van der Waals surface area contributed by atoms with Gasteiger partial charge in [0.2, 0.25) is 0 Å². The number of nitrogens with two attached hydrogens (primary N) is 1.